The molecule has 1 saturated heterocycles. The number of hydrogen-bond acceptors (Lipinski definition) is 4. The topological polar surface area (TPSA) is 66.3 Å². The monoisotopic (exact) mass is 396 g/mol. The molecular weight excluding hydrogens is 376 g/mol. The molecule has 3 heterocycles. The van der Waals surface area contributed by atoms with E-state index in [1.165, 1.54) is 0 Å². The molecule has 0 bridgehead atoms. The van der Waals surface area contributed by atoms with Gasteiger partial charge in [-0.05, 0) is 42.0 Å². The molecule has 4 rings (SSSR count). The van der Waals surface area contributed by atoms with Gasteiger partial charge in [0.1, 0.15) is 0 Å². The summed E-state index contributed by atoms with van der Waals surface area (Å²) in [6.07, 6.45) is 5.27. The Labute approximate surface area is 168 Å². The molecule has 0 unspecified atom stereocenters. The maximum atomic E-state index is 12.5. The number of aromatic nitrogens is 3. The van der Waals surface area contributed by atoms with Gasteiger partial charge in [-0.2, -0.15) is 5.10 Å². The quantitative estimate of drug-likeness (QED) is 0.736. The lowest BCUT2D eigenvalue weighted by atomic mass is 10.2. The standard InChI is InChI=1S/C20H21ClN6O/c21-17-3-1-4-18(14-17)25-9-11-26(12-10-25)20(28)23-15-16-5-7-22-19(13-16)27-8-2-6-24-27/h1-8,13-14H,9-12,15H2,(H,23,28). The number of pyridine rings is 1. The van der Waals surface area contributed by atoms with Crippen molar-refractivity contribution in [1.82, 2.24) is 25.0 Å². The fourth-order valence-corrected chi connectivity index (χ4v) is 3.41. The van der Waals surface area contributed by atoms with Gasteiger partial charge in [-0.3, -0.25) is 0 Å². The molecule has 3 aromatic rings. The molecular formula is C20H21ClN6O. The van der Waals surface area contributed by atoms with Crippen LogP contribution in [0.4, 0.5) is 10.5 Å². The van der Waals surface area contributed by atoms with Gasteiger partial charge in [-0.25, -0.2) is 14.5 Å². The molecule has 1 N–H and O–H groups in total. The van der Waals surface area contributed by atoms with Crippen molar-refractivity contribution < 1.29 is 4.79 Å². The van der Waals surface area contributed by atoms with Gasteiger partial charge in [0.15, 0.2) is 5.82 Å². The first-order valence-electron chi connectivity index (χ1n) is 9.17. The van der Waals surface area contributed by atoms with E-state index in [0.29, 0.717) is 19.6 Å². The minimum absolute atomic E-state index is 0.0526. The number of amides is 2. The molecule has 8 heteroatoms. The zero-order valence-corrected chi connectivity index (χ0v) is 16.1. The lowest BCUT2D eigenvalue weighted by Crippen LogP contribution is -2.51. The summed E-state index contributed by atoms with van der Waals surface area (Å²) in [6.45, 7) is 3.36. The summed E-state index contributed by atoms with van der Waals surface area (Å²) >= 11 is 6.08. The van der Waals surface area contributed by atoms with Crippen LogP contribution in [0.2, 0.25) is 5.02 Å². The van der Waals surface area contributed by atoms with Crippen LogP contribution in [-0.2, 0) is 6.54 Å². The van der Waals surface area contributed by atoms with Gasteiger partial charge in [-0.15, -0.1) is 0 Å². The summed E-state index contributed by atoms with van der Waals surface area (Å²) in [5.41, 5.74) is 2.07. The average Bonchev–Trinajstić information content (AvgIpc) is 3.27. The summed E-state index contributed by atoms with van der Waals surface area (Å²) in [7, 11) is 0. The lowest BCUT2D eigenvalue weighted by Gasteiger charge is -2.36. The highest BCUT2D eigenvalue weighted by Crippen LogP contribution is 2.20. The van der Waals surface area contributed by atoms with Crippen LogP contribution < -0.4 is 10.2 Å². The van der Waals surface area contributed by atoms with E-state index in [1.54, 1.807) is 17.1 Å². The van der Waals surface area contributed by atoms with E-state index in [0.717, 1.165) is 35.2 Å². The van der Waals surface area contributed by atoms with Gasteiger partial charge >= 0.3 is 6.03 Å². The molecule has 0 atom stereocenters. The van der Waals surface area contributed by atoms with Gasteiger partial charge < -0.3 is 15.1 Å². The minimum Gasteiger partial charge on any atom is -0.368 e. The number of nitrogens with zero attached hydrogens (tertiary/aromatic N) is 5. The van der Waals surface area contributed by atoms with Crippen molar-refractivity contribution in [3.63, 3.8) is 0 Å². The Balaban J connectivity index is 1.30. The number of anilines is 1. The van der Waals surface area contributed by atoms with Crippen molar-refractivity contribution >= 4 is 23.3 Å². The summed E-state index contributed by atoms with van der Waals surface area (Å²) in [5, 5.41) is 7.90. The van der Waals surface area contributed by atoms with Crippen LogP contribution in [-0.4, -0.2) is 51.9 Å². The van der Waals surface area contributed by atoms with Crippen LogP contribution >= 0.6 is 11.6 Å². The van der Waals surface area contributed by atoms with Gasteiger partial charge in [0.25, 0.3) is 0 Å². The SMILES string of the molecule is O=C(NCc1ccnc(-n2cccn2)c1)N1CCN(c2cccc(Cl)c2)CC1. The van der Waals surface area contributed by atoms with Crippen LogP contribution in [0.3, 0.4) is 0 Å². The molecule has 2 aromatic heterocycles. The number of halogens is 1. The Morgan fingerprint density at radius 1 is 1.07 bits per heavy atom. The zero-order valence-electron chi connectivity index (χ0n) is 15.3. The van der Waals surface area contributed by atoms with Crippen LogP contribution in [0, 0.1) is 0 Å². The first kappa shape index (κ1) is 18.3. The van der Waals surface area contributed by atoms with Crippen molar-refractivity contribution in [3.05, 3.63) is 71.6 Å². The van der Waals surface area contributed by atoms with E-state index in [-0.39, 0.29) is 6.03 Å². The summed E-state index contributed by atoms with van der Waals surface area (Å²) in [5.74, 6) is 0.729. The van der Waals surface area contributed by atoms with Gasteiger partial charge in [-0.1, -0.05) is 17.7 Å². The molecule has 0 radical (unpaired) electrons. The van der Waals surface area contributed by atoms with E-state index < -0.39 is 0 Å². The zero-order chi connectivity index (χ0) is 19.3. The number of benzene rings is 1. The van der Waals surface area contributed by atoms with E-state index in [2.05, 4.69) is 20.3 Å². The number of piperazine rings is 1. The predicted octanol–water partition coefficient (Wildman–Crippen LogP) is 2.95. The largest absolute Gasteiger partial charge is 0.368 e. The molecule has 7 nitrogen and oxygen atoms in total. The first-order chi connectivity index (χ1) is 13.7. The van der Waals surface area contributed by atoms with Crippen molar-refractivity contribution in [1.29, 1.82) is 0 Å². The number of nitrogens with one attached hydrogen (secondary N) is 1. The number of carbonyl (C=O) groups is 1. The molecule has 1 fully saturated rings. The Kier molecular flexibility index (Phi) is 5.43. The Bertz CT molecular complexity index is 937. The van der Waals surface area contributed by atoms with Crippen molar-refractivity contribution in [2.75, 3.05) is 31.1 Å². The number of urea groups is 1. The smallest absolute Gasteiger partial charge is 0.317 e. The molecule has 0 saturated carbocycles. The maximum Gasteiger partial charge on any atom is 0.317 e. The second-order valence-electron chi connectivity index (χ2n) is 6.59. The normalized spacial score (nSPS) is 14.2. The second-order valence-corrected chi connectivity index (χ2v) is 7.02. The fourth-order valence-electron chi connectivity index (χ4n) is 3.23. The Hall–Kier alpha value is -3.06. The average molecular weight is 397 g/mol. The van der Waals surface area contributed by atoms with Crippen molar-refractivity contribution in [2.24, 2.45) is 0 Å². The third-order valence-corrected chi connectivity index (χ3v) is 4.97. The molecule has 0 aliphatic carbocycles. The molecule has 2 amide bonds. The van der Waals surface area contributed by atoms with Crippen molar-refractivity contribution in [2.45, 2.75) is 6.54 Å². The minimum atomic E-state index is -0.0526. The molecule has 1 aliphatic heterocycles. The lowest BCUT2D eigenvalue weighted by molar-refractivity contribution is 0.194. The molecule has 1 aliphatic rings. The van der Waals surface area contributed by atoms with E-state index in [1.807, 2.05) is 53.6 Å². The highest BCUT2D eigenvalue weighted by molar-refractivity contribution is 6.30. The maximum absolute atomic E-state index is 12.5. The predicted molar refractivity (Wildman–Crippen MR) is 109 cm³/mol. The third kappa shape index (κ3) is 4.26. The van der Waals surface area contributed by atoms with E-state index in [9.17, 15) is 4.79 Å². The molecule has 144 valence electrons. The Morgan fingerprint density at radius 3 is 2.68 bits per heavy atom. The van der Waals surface area contributed by atoms with Crippen LogP contribution in [0.25, 0.3) is 5.82 Å². The van der Waals surface area contributed by atoms with Crippen LogP contribution in [0.5, 0.6) is 0 Å². The van der Waals surface area contributed by atoms with Crippen LogP contribution in [0.15, 0.2) is 61.1 Å². The van der Waals surface area contributed by atoms with Crippen LogP contribution in [0.1, 0.15) is 5.56 Å². The summed E-state index contributed by atoms with van der Waals surface area (Å²) < 4.78 is 1.69. The molecule has 1 aromatic carbocycles. The van der Waals surface area contributed by atoms with Gasteiger partial charge in [0.05, 0.1) is 0 Å². The summed E-state index contributed by atoms with van der Waals surface area (Å²) in [4.78, 5) is 20.9. The molecule has 0 spiro atoms. The molecule has 28 heavy (non-hydrogen) atoms. The van der Waals surface area contributed by atoms with Gasteiger partial charge in [0.2, 0.25) is 0 Å². The second kappa shape index (κ2) is 8.31. The van der Waals surface area contributed by atoms with E-state index in [4.69, 9.17) is 11.6 Å². The fraction of sp³-hybridized carbons (Fsp3) is 0.250. The van der Waals surface area contributed by atoms with E-state index >= 15 is 0 Å². The number of hydrogen-bond donors (Lipinski definition) is 1. The number of rotatable bonds is 4. The van der Waals surface area contributed by atoms with Crippen molar-refractivity contribution in [3.8, 4) is 5.82 Å². The first-order valence-corrected chi connectivity index (χ1v) is 9.55. The third-order valence-electron chi connectivity index (χ3n) is 4.73. The summed E-state index contributed by atoms with van der Waals surface area (Å²) in [6, 6.07) is 13.4. The Morgan fingerprint density at radius 2 is 1.93 bits per heavy atom. The van der Waals surface area contributed by atoms with Gasteiger partial charge in [0, 0.05) is 62.0 Å². The highest BCUT2D eigenvalue weighted by Gasteiger charge is 2.21. The highest BCUT2D eigenvalue weighted by atomic mass is 35.5. The number of carbonyl (C=O) groups excluding carboxylic acids is 1.